The lowest BCUT2D eigenvalue weighted by molar-refractivity contribution is -0.124. The summed E-state index contributed by atoms with van der Waals surface area (Å²) in [6.45, 7) is 3.72. The molecule has 0 saturated carbocycles. The van der Waals surface area contributed by atoms with Gasteiger partial charge in [0.25, 0.3) is 0 Å². The summed E-state index contributed by atoms with van der Waals surface area (Å²) < 4.78 is 0. The molecule has 2 atom stereocenters. The topological polar surface area (TPSA) is 61.4 Å². The smallest absolute Gasteiger partial charge is 0.221 e. The summed E-state index contributed by atoms with van der Waals surface area (Å²) in [4.78, 5) is 12.2. The van der Waals surface area contributed by atoms with Crippen molar-refractivity contribution in [3.63, 3.8) is 0 Å². The van der Waals surface area contributed by atoms with E-state index in [1.807, 2.05) is 37.3 Å². The number of hydrogen-bond acceptors (Lipinski definition) is 3. The fraction of sp³-hybridized carbons (Fsp3) is 0.562. The highest BCUT2D eigenvalue weighted by Crippen LogP contribution is 2.21. The number of carbonyl (C=O) groups excluding carboxylic acids is 1. The largest absolute Gasteiger partial charge is 0.394 e. The van der Waals surface area contributed by atoms with E-state index in [0.717, 1.165) is 31.5 Å². The van der Waals surface area contributed by atoms with Crippen LogP contribution in [-0.4, -0.2) is 30.7 Å². The van der Waals surface area contributed by atoms with Gasteiger partial charge in [0.1, 0.15) is 0 Å². The molecule has 20 heavy (non-hydrogen) atoms. The Morgan fingerprint density at radius 1 is 1.45 bits per heavy atom. The first-order valence-electron chi connectivity index (χ1n) is 7.32. The van der Waals surface area contributed by atoms with Crippen LogP contribution >= 0.6 is 0 Å². The van der Waals surface area contributed by atoms with Crippen molar-refractivity contribution in [3.05, 3.63) is 35.9 Å². The Morgan fingerprint density at radius 2 is 2.20 bits per heavy atom. The van der Waals surface area contributed by atoms with Crippen molar-refractivity contribution in [3.8, 4) is 0 Å². The van der Waals surface area contributed by atoms with Gasteiger partial charge < -0.3 is 15.7 Å². The molecule has 0 aromatic heterocycles. The van der Waals surface area contributed by atoms with Crippen molar-refractivity contribution in [1.29, 1.82) is 0 Å². The van der Waals surface area contributed by atoms with Gasteiger partial charge in [-0.15, -0.1) is 0 Å². The van der Waals surface area contributed by atoms with Crippen molar-refractivity contribution in [2.75, 3.05) is 19.7 Å². The monoisotopic (exact) mass is 276 g/mol. The number of hydrogen-bond donors (Lipinski definition) is 3. The zero-order valence-electron chi connectivity index (χ0n) is 12.1. The molecule has 1 aromatic rings. The second-order valence-electron chi connectivity index (χ2n) is 5.82. The molecule has 0 spiro atoms. The molecule has 2 rings (SSSR count). The Balaban J connectivity index is 1.96. The average Bonchev–Trinajstić information content (AvgIpc) is 2.49. The van der Waals surface area contributed by atoms with Crippen LogP contribution in [0.25, 0.3) is 0 Å². The number of aliphatic hydroxyl groups excluding tert-OH is 1. The van der Waals surface area contributed by atoms with Crippen LogP contribution in [0.3, 0.4) is 0 Å². The highest BCUT2D eigenvalue weighted by molar-refractivity contribution is 5.77. The summed E-state index contributed by atoms with van der Waals surface area (Å²) in [5.41, 5.74) is 0.220. The number of benzene rings is 1. The molecule has 1 amide bonds. The van der Waals surface area contributed by atoms with Crippen LogP contribution in [0.4, 0.5) is 0 Å². The summed E-state index contributed by atoms with van der Waals surface area (Å²) in [5, 5.41) is 16.0. The number of piperidine rings is 1. The normalized spacial score (nSPS) is 22.0. The molecule has 3 N–H and O–H groups in total. The second-order valence-corrected chi connectivity index (χ2v) is 5.82. The summed E-state index contributed by atoms with van der Waals surface area (Å²) in [6, 6.07) is 9.62. The van der Waals surface area contributed by atoms with Crippen LogP contribution in [0.2, 0.25) is 0 Å². The minimum Gasteiger partial charge on any atom is -0.394 e. The number of nitrogens with one attached hydrogen (secondary N) is 2. The molecule has 1 aliphatic rings. The fourth-order valence-corrected chi connectivity index (χ4v) is 2.73. The Hall–Kier alpha value is -1.39. The number of rotatable bonds is 5. The van der Waals surface area contributed by atoms with Crippen LogP contribution in [-0.2, 0) is 10.3 Å². The molecule has 0 bridgehead atoms. The molecular weight excluding hydrogens is 252 g/mol. The van der Waals surface area contributed by atoms with Crippen molar-refractivity contribution < 1.29 is 9.90 Å². The molecule has 4 heteroatoms. The third-order valence-corrected chi connectivity index (χ3v) is 4.02. The zero-order valence-corrected chi connectivity index (χ0v) is 12.1. The van der Waals surface area contributed by atoms with E-state index < -0.39 is 5.54 Å². The maximum Gasteiger partial charge on any atom is 0.221 e. The predicted molar refractivity (Wildman–Crippen MR) is 79.2 cm³/mol. The number of aliphatic hydroxyl groups is 1. The van der Waals surface area contributed by atoms with Gasteiger partial charge in [-0.2, -0.15) is 0 Å². The summed E-state index contributed by atoms with van der Waals surface area (Å²) in [5.74, 6) is 0.418. The Labute approximate surface area is 120 Å². The standard InChI is InChI=1S/C16H24N2O2/c1-16(12-19,14-7-3-2-4-8-14)18-15(20)10-13-6-5-9-17-11-13/h2-4,7-8,13,17,19H,5-6,9-12H2,1H3,(H,18,20). The lowest BCUT2D eigenvalue weighted by Gasteiger charge is -2.31. The first-order valence-corrected chi connectivity index (χ1v) is 7.32. The molecule has 1 heterocycles. The number of carbonyl (C=O) groups is 1. The molecule has 0 aliphatic carbocycles. The second kappa shape index (κ2) is 6.86. The highest BCUT2D eigenvalue weighted by Gasteiger charge is 2.28. The van der Waals surface area contributed by atoms with Crippen LogP contribution < -0.4 is 10.6 Å². The van der Waals surface area contributed by atoms with Crippen molar-refractivity contribution in [2.45, 2.75) is 31.7 Å². The van der Waals surface area contributed by atoms with Crippen LogP contribution in [0.15, 0.2) is 30.3 Å². The molecule has 110 valence electrons. The first kappa shape index (κ1) is 15.0. The molecule has 1 fully saturated rings. The van der Waals surface area contributed by atoms with Crippen LogP contribution in [0, 0.1) is 5.92 Å². The summed E-state index contributed by atoms with van der Waals surface area (Å²) in [6.07, 6.45) is 2.75. The van der Waals surface area contributed by atoms with E-state index in [1.54, 1.807) is 0 Å². The van der Waals surface area contributed by atoms with E-state index in [4.69, 9.17) is 0 Å². The molecule has 1 saturated heterocycles. The lowest BCUT2D eigenvalue weighted by Crippen LogP contribution is -2.47. The third-order valence-electron chi connectivity index (χ3n) is 4.02. The van der Waals surface area contributed by atoms with Gasteiger partial charge in [-0.3, -0.25) is 4.79 Å². The van der Waals surface area contributed by atoms with E-state index >= 15 is 0 Å². The first-order chi connectivity index (χ1) is 9.64. The molecule has 4 nitrogen and oxygen atoms in total. The highest BCUT2D eigenvalue weighted by atomic mass is 16.3. The van der Waals surface area contributed by atoms with E-state index in [2.05, 4.69) is 10.6 Å². The van der Waals surface area contributed by atoms with Crippen molar-refractivity contribution in [2.24, 2.45) is 5.92 Å². The van der Waals surface area contributed by atoms with Crippen molar-refractivity contribution in [1.82, 2.24) is 10.6 Å². The van der Waals surface area contributed by atoms with Gasteiger partial charge in [0.15, 0.2) is 0 Å². The summed E-state index contributed by atoms with van der Waals surface area (Å²) in [7, 11) is 0. The van der Waals surface area contributed by atoms with E-state index in [1.165, 1.54) is 0 Å². The van der Waals surface area contributed by atoms with Gasteiger partial charge in [0, 0.05) is 6.42 Å². The van der Waals surface area contributed by atoms with Gasteiger partial charge in [-0.25, -0.2) is 0 Å². The van der Waals surface area contributed by atoms with Gasteiger partial charge in [0.05, 0.1) is 12.1 Å². The predicted octanol–water partition coefficient (Wildman–Crippen LogP) is 1.40. The fourth-order valence-electron chi connectivity index (χ4n) is 2.73. The van der Waals surface area contributed by atoms with Crippen LogP contribution in [0.5, 0.6) is 0 Å². The molecule has 0 radical (unpaired) electrons. The maximum absolute atomic E-state index is 12.2. The Morgan fingerprint density at radius 3 is 2.80 bits per heavy atom. The molecule has 1 aliphatic heterocycles. The SMILES string of the molecule is CC(CO)(NC(=O)CC1CCCNC1)c1ccccc1. The van der Waals surface area contributed by atoms with Crippen molar-refractivity contribution >= 4 is 5.91 Å². The molecule has 2 unspecified atom stereocenters. The van der Waals surface area contributed by atoms with E-state index in [-0.39, 0.29) is 12.5 Å². The quantitative estimate of drug-likeness (QED) is 0.762. The Bertz CT molecular complexity index is 429. The minimum atomic E-state index is -0.708. The molecule has 1 aromatic carbocycles. The van der Waals surface area contributed by atoms with E-state index in [9.17, 15) is 9.90 Å². The van der Waals surface area contributed by atoms with Gasteiger partial charge in [0.2, 0.25) is 5.91 Å². The third kappa shape index (κ3) is 3.81. The van der Waals surface area contributed by atoms with E-state index in [0.29, 0.717) is 12.3 Å². The Kier molecular flexibility index (Phi) is 5.15. The summed E-state index contributed by atoms with van der Waals surface area (Å²) >= 11 is 0. The average molecular weight is 276 g/mol. The zero-order chi connectivity index (χ0) is 14.4. The van der Waals surface area contributed by atoms with Gasteiger partial charge in [-0.05, 0) is 44.3 Å². The maximum atomic E-state index is 12.2. The number of amides is 1. The van der Waals surface area contributed by atoms with Crippen LogP contribution in [0.1, 0.15) is 31.7 Å². The minimum absolute atomic E-state index is 0.0131. The lowest BCUT2D eigenvalue weighted by atomic mass is 9.91. The van der Waals surface area contributed by atoms with Gasteiger partial charge >= 0.3 is 0 Å². The molecular formula is C16H24N2O2. The van der Waals surface area contributed by atoms with Gasteiger partial charge in [-0.1, -0.05) is 30.3 Å².